The van der Waals surface area contributed by atoms with Crippen molar-refractivity contribution >= 4 is 17.5 Å². The molecule has 2 amide bonds. The van der Waals surface area contributed by atoms with Gasteiger partial charge in [-0.2, -0.15) is 5.10 Å². The number of amides is 2. The van der Waals surface area contributed by atoms with E-state index in [2.05, 4.69) is 44.6 Å². The number of anilines is 1. The molecule has 0 spiro atoms. The Bertz CT molecular complexity index is 1420. The molecule has 1 aromatic heterocycles. The van der Waals surface area contributed by atoms with E-state index in [1.807, 2.05) is 12.1 Å². The molecule has 11 nitrogen and oxygen atoms in total. The van der Waals surface area contributed by atoms with Gasteiger partial charge in [-0.05, 0) is 38.1 Å². The summed E-state index contributed by atoms with van der Waals surface area (Å²) in [4.78, 5) is 31.3. The number of carbonyl (C=O) groups is 2. The van der Waals surface area contributed by atoms with E-state index in [1.165, 1.54) is 0 Å². The highest BCUT2D eigenvalue weighted by atomic mass is 16.5. The van der Waals surface area contributed by atoms with Gasteiger partial charge in [0.05, 0.1) is 35.7 Å². The number of phenolic OH excluding ortho intramolecular Hbond substituents is 1. The second-order valence-corrected chi connectivity index (χ2v) is 10.8. The number of H-pyrrole nitrogens is 1. The fourth-order valence-corrected chi connectivity index (χ4v) is 5.71. The number of ketones is 1. The summed E-state index contributed by atoms with van der Waals surface area (Å²) < 4.78 is 5.33. The van der Waals surface area contributed by atoms with Gasteiger partial charge in [-0.3, -0.25) is 25.1 Å². The topological polar surface area (TPSA) is 126 Å². The van der Waals surface area contributed by atoms with Crippen molar-refractivity contribution in [2.45, 2.75) is 26.4 Å². The first-order valence-electron chi connectivity index (χ1n) is 13.8. The number of hydrogen-bond donors (Lipinski definition) is 4. The maximum atomic E-state index is 13.8. The molecule has 0 bridgehead atoms. The van der Waals surface area contributed by atoms with E-state index in [4.69, 9.17) is 4.74 Å². The number of urea groups is 1. The van der Waals surface area contributed by atoms with Gasteiger partial charge < -0.3 is 15.2 Å². The fourth-order valence-electron chi connectivity index (χ4n) is 5.71. The average molecular weight is 546 g/mol. The van der Waals surface area contributed by atoms with Crippen molar-refractivity contribution in [3.8, 4) is 28.3 Å². The smallest absolute Gasteiger partial charge is 0.333 e. The summed E-state index contributed by atoms with van der Waals surface area (Å²) in [7, 11) is 0. The van der Waals surface area contributed by atoms with Crippen LogP contribution in [0.15, 0.2) is 36.4 Å². The molecule has 2 aliphatic heterocycles. The largest absolute Gasteiger partial charge is 0.508 e. The SMILES string of the molecule is CC(C)N1CCN(Cc2cc(-c3[nH]nc4c3C(=O)c3c(NC(=O)NN5CCOCC5)cccc3-4)ccc2O)CC1. The summed E-state index contributed by atoms with van der Waals surface area (Å²) in [5.41, 5.74) is 7.58. The summed E-state index contributed by atoms with van der Waals surface area (Å²) in [6.45, 7) is 11.2. The number of ether oxygens (including phenoxy) is 1. The summed E-state index contributed by atoms with van der Waals surface area (Å²) in [5.74, 6) is 0.0361. The summed E-state index contributed by atoms with van der Waals surface area (Å²) in [5, 5.41) is 22.8. The molecule has 3 aliphatic rings. The molecule has 0 radical (unpaired) electrons. The number of aromatic nitrogens is 2. The zero-order chi connectivity index (χ0) is 27.8. The summed E-state index contributed by atoms with van der Waals surface area (Å²) in [6, 6.07) is 10.9. The minimum absolute atomic E-state index is 0.199. The molecule has 3 heterocycles. The Morgan fingerprint density at radius 2 is 1.85 bits per heavy atom. The Hall–Kier alpha value is -3.77. The van der Waals surface area contributed by atoms with E-state index in [-0.39, 0.29) is 11.5 Å². The minimum Gasteiger partial charge on any atom is -0.508 e. The third-order valence-corrected chi connectivity index (χ3v) is 7.96. The van der Waals surface area contributed by atoms with E-state index in [1.54, 1.807) is 29.3 Å². The molecular weight excluding hydrogens is 510 g/mol. The van der Waals surface area contributed by atoms with Crippen LogP contribution in [0.5, 0.6) is 5.75 Å². The van der Waals surface area contributed by atoms with E-state index in [0.717, 1.165) is 37.3 Å². The number of nitrogens with zero attached hydrogens (tertiary/aromatic N) is 4. The number of hydrogen-bond acceptors (Lipinski definition) is 8. The van der Waals surface area contributed by atoms with Crippen LogP contribution >= 0.6 is 0 Å². The van der Waals surface area contributed by atoms with Crippen molar-refractivity contribution < 1.29 is 19.4 Å². The first kappa shape index (κ1) is 26.5. The maximum absolute atomic E-state index is 13.8. The molecule has 1 aliphatic carbocycles. The molecule has 4 N–H and O–H groups in total. The van der Waals surface area contributed by atoms with Gasteiger partial charge in [-0.15, -0.1) is 0 Å². The number of benzene rings is 2. The van der Waals surface area contributed by atoms with Gasteiger partial charge in [0.2, 0.25) is 0 Å². The van der Waals surface area contributed by atoms with Gasteiger partial charge in [-0.1, -0.05) is 12.1 Å². The van der Waals surface area contributed by atoms with Gasteiger partial charge in [0.15, 0.2) is 5.78 Å². The van der Waals surface area contributed by atoms with Crippen LogP contribution < -0.4 is 10.7 Å². The van der Waals surface area contributed by atoms with Crippen molar-refractivity contribution in [3.63, 3.8) is 0 Å². The number of rotatable bonds is 6. The Morgan fingerprint density at radius 3 is 2.60 bits per heavy atom. The normalized spacial score (nSPS) is 18.1. The van der Waals surface area contributed by atoms with Crippen molar-refractivity contribution in [2.24, 2.45) is 0 Å². The second-order valence-electron chi connectivity index (χ2n) is 10.8. The highest BCUT2D eigenvalue weighted by Gasteiger charge is 2.35. The van der Waals surface area contributed by atoms with Gasteiger partial charge in [0, 0.05) is 68.5 Å². The van der Waals surface area contributed by atoms with Crippen LogP contribution in [-0.2, 0) is 11.3 Å². The van der Waals surface area contributed by atoms with Crippen molar-refractivity contribution in [1.82, 2.24) is 30.4 Å². The number of phenols is 1. The van der Waals surface area contributed by atoms with Crippen molar-refractivity contribution in [1.29, 1.82) is 0 Å². The van der Waals surface area contributed by atoms with E-state index >= 15 is 0 Å². The lowest BCUT2D eigenvalue weighted by Gasteiger charge is -2.37. The zero-order valence-electron chi connectivity index (χ0n) is 22.9. The standard InChI is InChI=1S/C29H35N7O4/c1-18(2)35-10-8-34(9-11-35)17-20-16-19(6-7-23(20)37)26-25-27(32-31-26)21-4-3-5-22(24(21)28(25)38)30-29(39)33-36-12-14-40-15-13-36/h3-7,16,18,37H,8-15,17H2,1-2H3,(H,31,32)(H2,30,33,39). The molecule has 2 aromatic carbocycles. The number of carbonyl (C=O) groups excluding carboxylic acids is 2. The molecule has 2 saturated heterocycles. The minimum atomic E-state index is -0.410. The lowest BCUT2D eigenvalue weighted by Crippen LogP contribution is -2.49. The van der Waals surface area contributed by atoms with Crippen LogP contribution in [0.3, 0.4) is 0 Å². The number of hydrazine groups is 1. The Balaban J connectivity index is 1.22. The molecule has 0 unspecified atom stereocenters. The third kappa shape index (κ3) is 5.08. The molecule has 0 atom stereocenters. The number of nitrogens with one attached hydrogen (secondary N) is 3. The number of fused-ring (bicyclic) bond motifs is 3. The molecule has 210 valence electrons. The van der Waals surface area contributed by atoms with Gasteiger partial charge in [0.1, 0.15) is 11.4 Å². The second kappa shape index (κ2) is 11.0. The molecule has 40 heavy (non-hydrogen) atoms. The average Bonchev–Trinajstić information content (AvgIpc) is 3.51. The number of aromatic hydroxyl groups is 1. The Morgan fingerprint density at radius 1 is 1.07 bits per heavy atom. The van der Waals surface area contributed by atoms with Crippen LogP contribution in [0, 0.1) is 0 Å². The van der Waals surface area contributed by atoms with E-state index in [0.29, 0.717) is 72.7 Å². The van der Waals surface area contributed by atoms with Crippen molar-refractivity contribution in [3.05, 3.63) is 53.1 Å². The zero-order valence-corrected chi connectivity index (χ0v) is 22.9. The Labute approximate surface area is 233 Å². The molecule has 0 saturated carbocycles. The molecular formula is C29H35N7O4. The van der Waals surface area contributed by atoms with Crippen LogP contribution in [0.4, 0.5) is 10.5 Å². The lowest BCUT2D eigenvalue weighted by atomic mass is 10.0. The van der Waals surface area contributed by atoms with Crippen LogP contribution in [0.2, 0.25) is 0 Å². The van der Waals surface area contributed by atoms with Gasteiger partial charge in [-0.25, -0.2) is 9.80 Å². The van der Waals surface area contributed by atoms with Gasteiger partial charge in [0.25, 0.3) is 0 Å². The number of aromatic amines is 1. The van der Waals surface area contributed by atoms with E-state index in [9.17, 15) is 14.7 Å². The van der Waals surface area contributed by atoms with E-state index < -0.39 is 6.03 Å². The lowest BCUT2D eigenvalue weighted by molar-refractivity contribution is 0.0207. The summed E-state index contributed by atoms with van der Waals surface area (Å²) in [6.07, 6.45) is 0. The predicted octanol–water partition coefficient (Wildman–Crippen LogP) is 2.89. The molecule has 2 fully saturated rings. The highest BCUT2D eigenvalue weighted by Crippen LogP contribution is 2.43. The molecule has 3 aromatic rings. The first-order valence-corrected chi connectivity index (χ1v) is 13.8. The van der Waals surface area contributed by atoms with Gasteiger partial charge >= 0.3 is 6.03 Å². The van der Waals surface area contributed by atoms with Crippen LogP contribution in [-0.4, -0.2) is 100 Å². The van der Waals surface area contributed by atoms with Crippen LogP contribution in [0.1, 0.15) is 35.3 Å². The molecule has 11 heteroatoms. The quantitative estimate of drug-likeness (QED) is 0.292. The maximum Gasteiger partial charge on any atom is 0.333 e. The Kier molecular flexibility index (Phi) is 7.28. The monoisotopic (exact) mass is 545 g/mol. The van der Waals surface area contributed by atoms with Crippen molar-refractivity contribution in [2.75, 3.05) is 57.8 Å². The highest BCUT2D eigenvalue weighted by molar-refractivity contribution is 6.26. The fraction of sp³-hybridized carbons (Fsp3) is 0.414. The predicted molar refractivity (Wildman–Crippen MR) is 151 cm³/mol. The summed E-state index contributed by atoms with van der Waals surface area (Å²) >= 11 is 0. The molecule has 6 rings (SSSR count). The number of piperazine rings is 1. The van der Waals surface area contributed by atoms with Crippen LogP contribution in [0.25, 0.3) is 22.5 Å². The third-order valence-electron chi connectivity index (χ3n) is 7.96. The number of morpholine rings is 1. The first-order chi connectivity index (χ1) is 19.4.